The van der Waals surface area contributed by atoms with Gasteiger partial charge in [0.25, 0.3) is 5.56 Å². The minimum Gasteiger partial charge on any atom is -0.444 e. The molecule has 342 valence electrons. The van der Waals surface area contributed by atoms with Gasteiger partial charge < -0.3 is 84.6 Å². The third-order valence-electron chi connectivity index (χ3n) is 9.21. The van der Waals surface area contributed by atoms with E-state index in [1.54, 1.807) is 41.5 Å². The van der Waals surface area contributed by atoms with Crippen molar-refractivity contribution >= 4 is 18.3 Å². The molecule has 3 fully saturated rings. The lowest BCUT2D eigenvalue weighted by molar-refractivity contribution is -0.346. The number of amides is 2. The maximum absolute atomic E-state index is 13.3. The number of aliphatic hydroxyl groups excluding tert-OH is 8. The Kier molecular flexibility index (Phi) is 15.2. The summed E-state index contributed by atoms with van der Waals surface area (Å²) in [5.41, 5.74) is -5.58. The highest BCUT2D eigenvalue weighted by Crippen LogP contribution is 2.35. The monoisotopic (exact) mass is 866 g/mol. The number of hydrogen-bond donors (Lipinski definition) is 10. The molecule has 0 bridgehead atoms. The molecule has 1 aromatic rings. The van der Waals surface area contributed by atoms with Crippen LogP contribution in [0.4, 0.5) is 14.4 Å². The van der Waals surface area contributed by atoms with Crippen LogP contribution in [0.5, 0.6) is 0 Å². The van der Waals surface area contributed by atoms with Crippen LogP contribution in [0.15, 0.2) is 21.9 Å². The van der Waals surface area contributed by atoms with Crippen LogP contribution in [0.1, 0.15) is 75.0 Å². The Hall–Kier alpha value is -3.79. The number of aliphatic hydroxyl groups is 8. The molecule has 0 radical (unpaired) electrons. The van der Waals surface area contributed by atoms with Crippen molar-refractivity contribution in [1.29, 1.82) is 0 Å². The normalized spacial score (nSPS) is 34.4. The van der Waals surface area contributed by atoms with Crippen molar-refractivity contribution in [1.82, 2.24) is 19.8 Å². The number of rotatable bonds is 9. The van der Waals surface area contributed by atoms with Crippen molar-refractivity contribution in [3.63, 3.8) is 0 Å². The SMILES string of the molecule is CC(C)(C)OC(=O)NC1C(O)[C@H](O)C(CO)O[C@@H]1O[C@@H]1O[C@H](C[C@@H](O)[C@H]2O[C@@H](n3ccc(=O)n(C(=O)OC(C)(C)C)c3=O)[C@H](O)[C@@H]2O)C(O)C(O)[C@H]1NC(=O)OC(C)(C)C. The van der Waals surface area contributed by atoms with Gasteiger partial charge in [-0.1, -0.05) is 0 Å². The van der Waals surface area contributed by atoms with E-state index in [1.807, 2.05) is 0 Å². The molecule has 24 nitrogen and oxygen atoms in total. The Morgan fingerprint density at radius 2 is 1.17 bits per heavy atom. The molecule has 4 heterocycles. The first-order chi connectivity index (χ1) is 27.5. The number of aromatic nitrogens is 2. The van der Waals surface area contributed by atoms with E-state index in [1.165, 1.54) is 20.8 Å². The van der Waals surface area contributed by atoms with E-state index < -0.39 is 151 Å². The number of ether oxygens (including phenoxy) is 7. The molecule has 3 saturated heterocycles. The van der Waals surface area contributed by atoms with E-state index in [-0.39, 0.29) is 4.57 Å². The molecule has 5 unspecified atom stereocenters. The van der Waals surface area contributed by atoms with Gasteiger partial charge in [0.1, 0.15) is 77.7 Å². The molecule has 10 N–H and O–H groups in total. The molecular weight excluding hydrogens is 808 g/mol. The minimum absolute atomic E-state index is 0.138. The summed E-state index contributed by atoms with van der Waals surface area (Å²) in [6.45, 7) is 12.9. The Bertz CT molecular complexity index is 1790. The van der Waals surface area contributed by atoms with Crippen LogP contribution < -0.4 is 21.9 Å². The Balaban J connectivity index is 1.62. The lowest BCUT2D eigenvalue weighted by Crippen LogP contribution is -2.69. The van der Waals surface area contributed by atoms with Gasteiger partial charge in [-0.25, -0.2) is 19.2 Å². The average Bonchev–Trinajstić information content (AvgIpc) is 3.39. The maximum Gasteiger partial charge on any atom is 0.425 e. The fraction of sp³-hybridized carbons (Fsp3) is 0.806. The van der Waals surface area contributed by atoms with Gasteiger partial charge in [0, 0.05) is 18.7 Å². The Labute approximate surface area is 343 Å². The summed E-state index contributed by atoms with van der Waals surface area (Å²) in [6.07, 6.45) is -27.3. The molecule has 3 aliphatic rings. The van der Waals surface area contributed by atoms with E-state index in [4.69, 9.17) is 33.2 Å². The van der Waals surface area contributed by atoms with E-state index >= 15 is 0 Å². The summed E-state index contributed by atoms with van der Waals surface area (Å²) in [4.78, 5) is 64.2. The smallest absolute Gasteiger partial charge is 0.425 e. The summed E-state index contributed by atoms with van der Waals surface area (Å²) < 4.78 is 39.7. The molecule has 15 atom stereocenters. The minimum atomic E-state index is -2.00. The number of nitrogens with one attached hydrogen (secondary N) is 2. The summed E-state index contributed by atoms with van der Waals surface area (Å²) in [7, 11) is 0. The summed E-state index contributed by atoms with van der Waals surface area (Å²) in [5, 5.41) is 92.1. The molecule has 60 heavy (non-hydrogen) atoms. The van der Waals surface area contributed by atoms with E-state index in [9.17, 15) is 64.8 Å². The first-order valence-electron chi connectivity index (χ1n) is 19.1. The zero-order valence-electron chi connectivity index (χ0n) is 34.6. The lowest BCUT2D eigenvalue weighted by atomic mass is 9.91. The molecule has 0 spiro atoms. The van der Waals surface area contributed by atoms with Gasteiger partial charge in [0.2, 0.25) is 0 Å². The van der Waals surface area contributed by atoms with Crippen LogP contribution >= 0.6 is 0 Å². The summed E-state index contributed by atoms with van der Waals surface area (Å²) in [5.74, 6) is 0. The Morgan fingerprint density at radius 1 is 0.700 bits per heavy atom. The highest BCUT2D eigenvalue weighted by atomic mass is 16.8. The number of alkyl carbamates (subject to hydrolysis) is 2. The second-order valence-corrected chi connectivity index (χ2v) is 17.6. The van der Waals surface area contributed by atoms with Crippen LogP contribution in [0.3, 0.4) is 0 Å². The predicted octanol–water partition coefficient (Wildman–Crippen LogP) is -3.15. The number of nitrogens with zero attached hydrogens (tertiary/aromatic N) is 2. The molecule has 0 aromatic carbocycles. The van der Waals surface area contributed by atoms with Crippen molar-refractivity contribution in [2.24, 2.45) is 0 Å². The van der Waals surface area contributed by atoms with Crippen LogP contribution in [0.2, 0.25) is 0 Å². The quantitative estimate of drug-likeness (QED) is 0.110. The third kappa shape index (κ3) is 11.8. The molecule has 4 rings (SSSR count). The second-order valence-electron chi connectivity index (χ2n) is 17.6. The zero-order valence-corrected chi connectivity index (χ0v) is 34.6. The van der Waals surface area contributed by atoms with Crippen LogP contribution in [0, 0.1) is 0 Å². The van der Waals surface area contributed by atoms with Crippen molar-refractivity contribution in [2.45, 2.75) is 177 Å². The second kappa shape index (κ2) is 18.7. The van der Waals surface area contributed by atoms with Crippen molar-refractivity contribution < 1.29 is 88.4 Å². The first-order valence-corrected chi connectivity index (χ1v) is 19.1. The maximum atomic E-state index is 13.3. The van der Waals surface area contributed by atoms with Gasteiger partial charge in [0.15, 0.2) is 18.8 Å². The van der Waals surface area contributed by atoms with Gasteiger partial charge in [-0.3, -0.25) is 9.36 Å². The van der Waals surface area contributed by atoms with E-state index in [0.29, 0.717) is 4.57 Å². The van der Waals surface area contributed by atoms with Crippen molar-refractivity contribution in [3.05, 3.63) is 33.1 Å². The fourth-order valence-electron chi connectivity index (χ4n) is 6.53. The van der Waals surface area contributed by atoms with E-state index in [0.717, 1.165) is 12.3 Å². The highest BCUT2D eigenvalue weighted by Gasteiger charge is 2.54. The predicted molar refractivity (Wildman–Crippen MR) is 199 cm³/mol. The molecule has 1 aromatic heterocycles. The standard InChI is InChI=1S/C36H58N4O20/c1-34(2,3)58-30(50)37-18-22(46)20(44)15(54-28(18)57-29-19(38-31(51)59-35(4,5)6)23(47)21(45)16(13-41)55-29)12-14(42)26-24(48)25(49)27(56-26)39-11-10-17(43)40(32(39)52)33(53)60-36(7,8)9/h10-11,14-16,18-29,41-42,44-49H,12-13H2,1-9H3,(H,37,50)(H,38,51)/t14-,15-,16?,18-,19?,20?,21-,22?,23?,24+,25-,26-,27-,28+,29-/m1/s1. The van der Waals surface area contributed by atoms with Gasteiger partial charge in [-0.2, -0.15) is 4.57 Å². The number of carbonyl (C=O) groups is 3. The van der Waals surface area contributed by atoms with Gasteiger partial charge in [-0.05, 0) is 62.3 Å². The van der Waals surface area contributed by atoms with Crippen molar-refractivity contribution in [2.75, 3.05) is 6.61 Å². The topological polar surface area (TPSA) is 346 Å². The van der Waals surface area contributed by atoms with Crippen LogP contribution in [0.25, 0.3) is 0 Å². The molecule has 0 saturated carbocycles. The molecule has 24 heteroatoms. The molecular formula is C36H58N4O20. The van der Waals surface area contributed by atoms with Crippen LogP contribution in [-0.2, 0) is 33.2 Å². The third-order valence-corrected chi connectivity index (χ3v) is 9.21. The lowest BCUT2D eigenvalue weighted by Gasteiger charge is -2.47. The highest BCUT2D eigenvalue weighted by molar-refractivity contribution is 5.70. The largest absolute Gasteiger partial charge is 0.444 e. The van der Waals surface area contributed by atoms with Crippen LogP contribution in [-0.4, -0.2) is 177 Å². The first kappa shape index (κ1) is 48.9. The zero-order chi connectivity index (χ0) is 45.4. The molecule has 2 amide bonds. The van der Waals surface area contributed by atoms with Gasteiger partial charge in [0.05, 0.1) is 18.8 Å². The Morgan fingerprint density at radius 3 is 1.63 bits per heavy atom. The molecule has 0 aliphatic carbocycles. The van der Waals surface area contributed by atoms with Gasteiger partial charge >= 0.3 is 24.0 Å². The number of carbonyl (C=O) groups excluding carboxylic acids is 3. The fourth-order valence-corrected chi connectivity index (χ4v) is 6.53. The number of hydrogen-bond acceptors (Lipinski definition) is 20. The molecule has 3 aliphatic heterocycles. The summed E-state index contributed by atoms with van der Waals surface area (Å²) >= 11 is 0. The average molecular weight is 867 g/mol. The summed E-state index contributed by atoms with van der Waals surface area (Å²) in [6, 6.07) is -2.58. The van der Waals surface area contributed by atoms with Crippen molar-refractivity contribution in [3.8, 4) is 0 Å². The van der Waals surface area contributed by atoms with Gasteiger partial charge in [-0.15, -0.1) is 0 Å². The van der Waals surface area contributed by atoms with E-state index in [2.05, 4.69) is 10.6 Å².